The van der Waals surface area contributed by atoms with Crippen LogP contribution in [0.2, 0.25) is 0 Å². The van der Waals surface area contributed by atoms with Gasteiger partial charge in [0.05, 0.1) is 5.56 Å². The third kappa shape index (κ3) is 4.88. The minimum atomic E-state index is -0.509. The van der Waals surface area contributed by atoms with Crippen molar-refractivity contribution in [1.82, 2.24) is 10.2 Å². The predicted molar refractivity (Wildman–Crippen MR) is 91.1 cm³/mol. The molecule has 1 aliphatic heterocycles. The van der Waals surface area contributed by atoms with E-state index in [1.807, 2.05) is 27.7 Å². The van der Waals surface area contributed by atoms with E-state index in [0.717, 1.165) is 5.56 Å². The Morgan fingerprint density at radius 1 is 1.25 bits per heavy atom. The number of hydrogen-bond acceptors (Lipinski definition) is 4. The van der Waals surface area contributed by atoms with Crippen molar-refractivity contribution < 1.29 is 19.4 Å². The number of likely N-dealkylation sites (tertiary alicyclic amines) is 1. The van der Waals surface area contributed by atoms with Crippen LogP contribution in [0.3, 0.4) is 0 Å². The van der Waals surface area contributed by atoms with Gasteiger partial charge in [-0.15, -0.1) is 0 Å². The summed E-state index contributed by atoms with van der Waals surface area (Å²) in [5.41, 5.74) is 0.662. The van der Waals surface area contributed by atoms with Crippen LogP contribution in [0.25, 0.3) is 0 Å². The third-order valence-electron chi connectivity index (χ3n) is 3.88. The van der Waals surface area contributed by atoms with E-state index in [2.05, 4.69) is 5.32 Å². The molecule has 2 rings (SSSR count). The van der Waals surface area contributed by atoms with E-state index in [9.17, 15) is 14.7 Å². The Bertz CT molecular complexity index is 614. The van der Waals surface area contributed by atoms with Crippen molar-refractivity contribution >= 4 is 12.0 Å². The van der Waals surface area contributed by atoms with Crippen LogP contribution in [0.5, 0.6) is 5.75 Å². The molecule has 6 nitrogen and oxygen atoms in total. The smallest absolute Gasteiger partial charge is 0.410 e. The molecule has 24 heavy (non-hydrogen) atoms. The highest BCUT2D eigenvalue weighted by Gasteiger charge is 2.27. The standard InChI is InChI=1S/C18H26N2O4/c1-12-5-6-14(15(21)11-12)16(22)19-13-7-9-20(10-8-13)17(23)24-18(2,3)4/h5-6,11,13,21H,7-10H2,1-4H3,(H,19,22). The lowest BCUT2D eigenvalue weighted by Crippen LogP contribution is -2.47. The van der Waals surface area contributed by atoms with Crippen molar-refractivity contribution in [2.75, 3.05) is 13.1 Å². The molecule has 0 atom stereocenters. The molecule has 1 saturated heterocycles. The van der Waals surface area contributed by atoms with Crippen molar-refractivity contribution in [1.29, 1.82) is 0 Å². The highest BCUT2D eigenvalue weighted by Crippen LogP contribution is 2.20. The summed E-state index contributed by atoms with van der Waals surface area (Å²) < 4.78 is 5.36. The lowest BCUT2D eigenvalue weighted by molar-refractivity contribution is 0.0199. The second-order valence-corrected chi connectivity index (χ2v) is 7.24. The Morgan fingerprint density at radius 3 is 2.42 bits per heavy atom. The lowest BCUT2D eigenvalue weighted by atomic mass is 10.0. The van der Waals surface area contributed by atoms with E-state index in [4.69, 9.17) is 4.74 Å². The number of nitrogens with one attached hydrogen (secondary N) is 1. The fraction of sp³-hybridized carbons (Fsp3) is 0.556. The Kier molecular flexibility index (Phi) is 5.36. The second-order valence-electron chi connectivity index (χ2n) is 7.24. The van der Waals surface area contributed by atoms with Gasteiger partial charge >= 0.3 is 6.09 Å². The number of benzene rings is 1. The molecule has 0 radical (unpaired) electrons. The first-order valence-electron chi connectivity index (χ1n) is 8.24. The molecular weight excluding hydrogens is 308 g/mol. The molecule has 2 amide bonds. The number of piperidine rings is 1. The molecule has 1 aromatic rings. The number of carbonyl (C=O) groups excluding carboxylic acids is 2. The molecule has 1 heterocycles. The Hall–Kier alpha value is -2.24. The van der Waals surface area contributed by atoms with Gasteiger partial charge in [0.25, 0.3) is 5.91 Å². The summed E-state index contributed by atoms with van der Waals surface area (Å²) in [4.78, 5) is 26.0. The van der Waals surface area contributed by atoms with Gasteiger partial charge in [0.2, 0.25) is 0 Å². The molecule has 1 aromatic carbocycles. The van der Waals surface area contributed by atoms with Crippen LogP contribution < -0.4 is 5.32 Å². The van der Waals surface area contributed by atoms with Gasteiger partial charge in [-0.1, -0.05) is 6.07 Å². The fourth-order valence-electron chi connectivity index (χ4n) is 2.63. The summed E-state index contributed by atoms with van der Waals surface area (Å²) in [6.45, 7) is 8.46. The number of carbonyl (C=O) groups is 2. The summed E-state index contributed by atoms with van der Waals surface area (Å²) in [5.74, 6) is -0.304. The van der Waals surface area contributed by atoms with E-state index < -0.39 is 5.60 Å². The van der Waals surface area contributed by atoms with Crippen LogP contribution in [0.15, 0.2) is 18.2 Å². The van der Waals surface area contributed by atoms with Crippen molar-refractivity contribution in [3.63, 3.8) is 0 Å². The number of aryl methyl sites for hydroxylation is 1. The van der Waals surface area contributed by atoms with Crippen molar-refractivity contribution in [3.05, 3.63) is 29.3 Å². The zero-order valence-electron chi connectivity index (χ0n) is 14.8. The second kappa shape index (κ2) is 7.11. The van der Waals surface area contributed by atoms with E-state index in [-0.39, 0.29) is 29.4 Å². The summed E-state index contributed by atoms with van der Waals surface area (Å²) in [7, 11) is 0. The fourth-order valence-corrected chi connectivity index (χ4v) is 2.63. The van der Waals surface area contributed by atoms with Crippen LogP contribution in [-0.4, -0.2) is 46.7 Å². The maximum absolute atomic E-state index is 12.3. The molecule has 1 fully saturated rings. The van der Waals surface area contributed by atoms with Crippen molar-refractivity contribution in [2.24, 2.45) is 0 Å². The van der Waals surface area contributed by atoms with Crippen LogP contribution in [0.4, 0.5) is 4.79 Å². The summed E-state index contributed by atoms with van der Waals surface area (Å²) >= 11 is 0. The Labute approximate surface area is 142 Å². The molecule has 0 aromatic heterocycles. The number of phenols is 1. The number of phenolic OH excluding ortho intramolecular Hbond substituents is 1. The first kappa shape index (κ1) is 18.1. The average Bonchev–Trinajstić information content (AvgIpc) is 2.45. The van der Waals surface area contributed by atoms with Crippen LogP contribution >= 0.6 is 0 Å². The molecule has 0 spiro atoms. The van der Waals surface area contributed by atoms with Gasteiger partial charge in [0.15, 0.2) is 0 Å². The molecule has 0 aliphatic carbocycles. The molecule has 6 heteroatoms. The Balaban J connectivity index is 1.86. The summed E-state index contributed by atoms with van der Waals surface area (Å²) in [6, 6.07) is 4.96. The summed E-state index contributed by atoms with van der Waals surface area (Å²) in [5, 5.41) is 12.8. The van der Waals surface area contributed by atoms with E-state index in [0.29, 0.717) is 25.9 Å². The lowest BCUT2D eigenvalue weighted by Gasteiger charge is -2.33. The topological polar surface area (TPSA) is 78.9 Å². The molecule has 0 unspecified atom stereocenters. The average molecular weight is 334 g/mol. The predicted octanol–water partition coefficient (Wildman–Crippen LogP) is 2.83. The summed E-state index contributed by atoms with van der Waals surface area (Å²) in [6.07, 6.45) is 1.01. The number of aromatic hydroxyl groups is 1. The number of ether oxygens (including phenoxy) is 1. The van der Waals surface area contributed by atoms with Gasteiger partial charge < -0.3 is 20.1 Å². The number of rotatable bonds is 2. The van der Waals surface area contributed by atoms with Gasteiger partial charge in [0, 0.05) is 19.1 Å². The van der Waals surface area contributed by atoms with Crippen molar-refractivity contribution in [3.8, 4) is 5.75 Å². The maximum Gasteiger partial charge on any atom is 0.410 e. The monoisotopic (exact) mass is 334 g/mol. The molecule has 0 bridgehead atoms. The van der Waals surface area contributed by atoms with Gasteiger partial charge in [-0.2, -0.15) is 0 Å². The number of hydrogen-bond donors (Lipinski definition) is 2. The third-order valence-corrected chi connectivity index (χ3v) is 3.88. The minimum Gasteiger partial charge on any atom is -0.507 e. The largest absolute Gasteiger partial charge is 0.507 e. The quantitative estimate of drug-likeness (QED) is 0.872. The molecular formula is C18H26N2O4. The molecule has 2 N–H and O–H groups in total. The van der Waals surface area contributed by atoms with Crippen LogP contribution in [0.1, 0.15) is 49.5 Å². The van der Waals surface area contributed by atoms with Gasteiger partial charge in [-0.05, 0) is 58.2 Å². The van der Waals surface area contributed by atoms with Gasteiger partial charge in [-0.3, -0.25) is 4.79 Å². The first-order valence-corrected chi connectivity index (χ1v) is 8.24. The highest BCUT2D eigenvalue weighted by molar-refractivity contribution is 5.97. The SMILES string of the molecule is Cc1ccc(C(=O)NC2CCN(C(=O)OC(C)(C)C)CC2)c(O)c1. The first-order chi connectivity index (χ1) is 11.2. The van der Waals surface area contributed by atoms with E-state index >= 15 is 0 Å². The molecule has 1 aliphatic rings. The number of nitrogens with zero attached hydrogens (tertiary/aromatic N) is 1. The van der Waals surface area contributed by atoms with Crippen LogP contribution in [0, 0.1) is 6.92 Å². The molecule has 132 valence electrons. The zero-order valence-corrected chi connectivity index (χ0v) is 14.8. The Morgan fingerprint density at radius 2 is 1.88 bits per heavy atom. The normalized spacial score (nSPS) is 15.9. The van der Waals surface area contributed by atoms with Crippen LogP contribution in [-0.2, 0) is 4.74 Å². The number of amides is 2. The molecule has 0 saturated carbocycles. The highest BCUT2D eigenvalue weighted by atomic mass is 16.6. The van der Waals surface area contributed by atoms with E-state index in [1.165, 1.54) is 0 Å². The maximum atomic E-state index is 12.3. The minimum absolute atomic E-state index is 0.0151. The van der Waals surface area contributed by atoms with E-state index in [1.54, 1.807) is 23.1 Å². The zero-order chi connectivity index (χ0) is 17.9. The van der Waals surface area contributed by atoms with Crippen molar-refractivity contribution in [2.45, 2.75) is 52.2 Å². The van der Waals surface area contributed by atoms with Gasteiger partial charge in [-0.25, -0.2) is 4.79 Å². The van der Waals surface area contributed by atoms with Gasteiger partial charge in [0.1, 0.15) is 11.4 Å².